The maximum atomic E-state index is 12.2. The molecule has 0 spiro atoms. The van der Waals surface area contributed by atoms with Gasteiger partial charge in [-0.3, -0.25) is 4.79 Å². The van der Waals surface area contributed by atoms with Gasteiger partial charge in [0.15, 0.2) is 0 Å². The van der Waals surface area contributed by atoms with Crippen molar-refractivity contribution in [2.45, 2.75) is 0 Å². The summed E-state index contributed by atoms with van der Waals surface area (Å²) in [5.41, 5.74) is 1.73. The molecule has 4 rings (SSSR count). The minimum atomic E-state index is -0.460. The van der Waals surface area contributed by atoms with Gasteiger partial charge in [-0.15, -0.1) is 0 Å². The van der Waals surface area contributed by atoms with Crippen molar-refractivity contribution >= 4 is 21.9 Å². The quantitative estimate of drug-likeness (QED) is 0.561. The number of nitrogens with one attached hydrogen (secondary N) is 2. The molecule has 0 bridgehead atoms. The number of hydrogen-bond donors (Lipinski definition) is 2. The molecule has 2 N–H and O–H groups in total. The summed E-state index contributed by atoms with van der Waals surface area (Å²) in [6.07, 6.45) is 3.33. The van der Waals surface area contributed by atoms with E-state index in [0.717, 1.165) is 16.5 Å². The molecule has 21 heavy (non-hydrogen) atoms. The van der Waals surface area contributed by atoms with Crippen LogP contribution in [0.4, 0.5) is 0 Å². The van der Waals surface area contributed by atoms with Crippen molar-refractivity contribution < 1.29 is 4.42 Å². The van der Waals surface area contributed by atoms with E-state index in [1.807, 2.05) is 24.3 Å². The summed E-state index contributed by atoms with van der Waals surface area (Å²) in [6, 6.07) is 10.7. The summed E-state index contributed by atoms with van der Waals surface area (Å²) in [7, 11) is 0. The molecule has 0 amide bonds. The first-order valence-corrected chi connectivity index (χ1v) is 6.45. The van der Waals surface area contributed by atoms with Crippen LogP contribution in [0.2, 0.25) is 0 Å². The third kappa shape index (κ3) is 1.79. The van der Waals surface area contributed by atoms with Gasteiger partial charge in [0.2, 0.25) is 0 Å². The maximum absolute atomic E-state index is 12.2. The van der Waals surface area contributed by atoms with E-state index < -0.39 is 5.63 Å². The molecular formula is C16H10N2O3. The Hall–Kier alpha value is -3.08. The molecule has 0 aliphatic carbocycles. The average molecular weight is 278 g/mol. The van der Waals surface area contributed by atoms with Crippen LogP contribution in [0, 0.1) is 0 Å². The second-order valence-electron chi connectivity index (χ2n) is 4.81. The molecule has 0 radical (unpaired) electrons. The Kier molecular flexibility index (Phi) is 2.35. The lowest BCUT2D eigenvalue weighted by Gasteiger charge is -2.01. The summed E-state index contributed by atoms with van der Waals surface area (Å²) in [5.74, 6) is 0. The first kappa shape index (κ1) is 11.7. The minimum absolute atomic E-state index is 0.285. The minimum Gasteiger partial charge on any atom is -0.422 e. The summed E-state index contributed by atoms with van der Waals surface area (Å²) in [5, 5.41) is 1.63. The molecule has 0 aliphatic heterocycles. The third-order valence-electron chi connectivity index (χ3n) is 3.52. The Morgan fingerprint density at radius 2 is 1.76 bits per heavy atom. The highest BCUT2D eigenvalue weighted by molar-refractivity contribution is 5.96. The number of para-hydroxylation sites is 1. The topological polar surface area (TPSA) is 78.9 Å². The van der Waals surface area contributed by atoms with Gasteiger partial charge in [0.25, 0.3) is 5.56 Å². The number of hydrogen-bond acceptors (Lipinski definition) is 3. The van der Waals surface area contributed by atoms with E-state index in [9.17, 15) is 9.59 Å². The van der Waals surface area contributed by atoms with Gasteiger partial charge in [0.05, 0.1) is 5.56 Å². The molecule has 3 aromatic heterocycles. The number of pyridine rings is 1. The van der Waals surface area contributed by atoms with Crippen LogP contribution in [-0.4, -0.2) is 9.97 Å². The molecule has 102 valence electrons. The molecule has 1 aromatic carbocycles. The van der Waals surface area contributed by atoms with E-state index >= 15 is 0 Å². The van der Waals surface area contributed by atoms with Crippen molar-refractivity contribution in [2.24, 2.45) is 0 Å². The second-order valence-corrected chi connectivity index (χ2v) is 4.81. The molecule has 0 atom stereocenters. The van der Waals surface area contributed by atoms with E-state index in [-0.39, 0.29) is 11.1 Å². The Morgan fingerprint density at radius 3 is 2.67 bits per heavy atom. The van der Waals surface area contributed by atoms with Crippen LogP contribution in [-0.2, 0) is 0 Å². The first-order valence-electron chi connectivity index (χ1n) is 6.45. The van der Waals surface area contributed by atoms with Crippen molar-refractivity contribution in [1.29, 1.82) is 0 Å². The van der Waals surface area contributed by atoms with Crippen molar-refractivity contribution in [1.82, 2.24) is 9.97 Å². The molecule has 4 aromatic rings. The number of fused-ring (bicyclic) bond motifs is 2. The molecule has 0 unspecified atom stereocenters. The third-order valence-corrected chi connectivity index (χ3v) is 3.52. The molecular weight excluding hydrogens is 268 g/mol. The highest BCUT2D eigenvalue weighted by Gasteiger charge is 2.12. The van der Waals surface area contributed by atoms with Gasteiger partial charge in [-0.25, -0.2) is 4.79 Å². The predicted molar refractivity (Wildman–Crippen MR) is 80.4 cm³/mol. The van der Waals surface area contributed by atoms with Crippen LogP contribution in [0.5, 0.6) is 0 Å². The van der Waals surface area contributed by atoms with Crippen LogP contribution in [0.1, 0.15) is 0 Å². The molecule has 5 nitrogen and oxygen atoms in total. The van der Waals surface area contributed by atoms with E-state index in [1.54, 1.807) is 18.5 Å². The molecule has 3 heterocycles. The number of aromatic nitrogens is 2. The highest BCUT2D eigenvalue weighted by Crippen LogP contribution is 2.27. The number of benzene rings is 1. The fraction of sp³-hybridized carbons (Fsp3) is 0. The highest BCUT2D eigenvalue weighted by atomic mass is 16.4. The SMILES string of the molecule is O=c1cc2oc(=O)c(-c3c[nH]c4ccccc34)cc2c[nH]1. The Bertz CT molecular complexity index is 1090. The zero-order chi connectivity index (χ0) is 14.4. The zero-order valence-electron chi connectivity index (χ0n) is 10.8. The van der Waals surface area contributed by atoms with Gasteiger partial charge in [-0.1, -0.05) is 18.2 Å². The van der Waals surface area contributed by atoms with Crippen molar-refractivity contribution in [2.75, 3.05) is 0 Å². The molecule has 0 saturated carbocycles. The molecule has 0 aliphatic rings. The summed E-state index contributed by atoms with van der Waals surface area (Å²) in [6.45, 7) is 0. The lowest BCUT2D eigenvalue weighted by Crippen LogP contribution is -2.06. The van der Waals surface area contributed by atoms with Crippen molar-refractivity contribution in [3.05, 3.63) is 69.6 Å². The summed E-state index contributed by atoms with van der Waals surface area (Å²) >= 11 is 0. The Balaban J connectivity index is 2.06. The Morgan fingerprint density at radius 1 is 0.905 bits per heavy atom. The van der Waals surface area contributed by atoms with Crippen molar-refractivity contribution in [3.63, 3.8) is 0 Å². The smallest absolute Gasteiger partial charge is 0.344 e. The van der Waals surface area contributed by atoms with Gasteiger partial charge in [0, 0.05) is 40.3 Å². The molecule has 0 fully saturated rings. The Labute approximate surface area is 117 Å². The van der Waals surface area contributed by atoms with Gasteiger partial charge >= 0.3 is 5.63 Å². The predicted octanol–water partition coefficient (Wildman–Crippen LogP) is 2.63. The van der Waals surface area contributed by atoms with Gasteiger partial charge in [0.1, 0.15) is 5.58 Å². The second kappa shape index (κ2) is 4.21. The largest absolute Gasteiger partial charge is 0.422 e. The zero-order valence-corrected chi connectivity index (χ0v) is 10.8. The number of H-pyrrole nitrogens is 2. The van der Waals surface area contributed by atoms with Gasteiger partial charge < -0.3 is 14.4 Å². The summed E-state index contributed by atoms with van der Waals surface area (Å²) in [4.78, 5) is 29.2. The standard InChI is InChI=1S/C16H10N2O3/c19-15-6-14-9(7-18-15)5-11(16(20)21-14)12-8-17-13-4-2-1-3-10(12)13/h1-8,17H,(H,18,19). The van der Waals surface area contributed by atoms with Crippen molar-refractivity contribution in [3.8, 4) is 11.1 Å². The fourth-order valence-corrected chi connectivity index (χ4v) is 2.52. The normalized spacial score (nSPS) is 11.2. The van der Waals surface area contributed by atoms with Crippen LogP contribution in [0.25, 0.3) is 33.0 Å². The first-order chi connectivity index (χ1) is 10.2. The lowest BCUT2D eigenvalue weighted by molar-refractivity contribution is 0.562. The van der Waals surface area contributed by atoms with Crippen LogP contribution in [0.15, 0.2) is 62.8 Å². The maximum Gasteiger partial charge on any atom is 0.344 e. The van der Waals surface area contributed by atoms with Crippen LogP contribution in [0.3, 0.4) is 0 Å². The van der Waals surface area contributed by atoms with E-state index in [2.05, 4.69) is 9.97 Å². The van der Waals surface area contributed by atoms with Gasteiger partial charge in [-0.2, -0.15) is 0 Å². The summed E-state index contributed by atoms with van der Waals surface area (Å²) < 4.78 is 5.26. The molecule has 0 saturated heterocycles. The fourth-order valence-electron chi connectivity index (χ4n) is 2.52. The van der Waals surface area contributed by atoms with Crippen LogP contribution < -0.4 is 11.2 Å². The van der Waals surface area contributed by atoms with Crippen LogP contribution >= 0.6 is 0 Å². The van der Waals surface area contributed by atoms with E-state index in [4.69, 9.17) is 4.42 Å². The number of aromatic amines is 2. The number of rotatable bonds is 1. The van der Waals surface area contributed by atoms with E-state index in [0.29, 0.717) is 10.9 Å². The molecule has 5 heteroatoms. The monoisotopic (exact) mass is 278 g/mol. The lowest BCUT2D eigenvalue weighted by atomic mass is 10.1. The van der Waals surface area contributed by atoms with Gasteiger partial charge in [-0.05, 0) is 12.1 Å². The average Bonchev–Trinajstić information content (AvgIpc) is 2.90. The van der Waals surface area contributed by atoms with E-state index in [1.165, 1.54) is 6.07 Å².